The van der Waals surface area contributed by atoms with Crippen LogP contribution in [0.25, 0.3) is 11.0 Å². The van der Waals surface area contributed by atoms with Crippen LogP contribution in [-0.2, 0) is 0 Å². The number of nitrogens with one attached hydrogen (secondary N) is 1. The van der Waals surface area contributed by atoms with Gasteiger partial charge in [0.2, 0.25) is 0 Å². The third kappa shape index (κ3) is 1.99. The molecule has 1 aliphatic carbocycles. The monoisotopic (exact) mass is 293 g/mol. The highest BCUT2D eigenvalue weighted by Crippen LogP contribution is 2.37. The zero-order valence-corrected chi connectivity index (χ0v) is 11.5. The van der Waals surface area contributed by atoms with Gasteiger partial charge >= 0.3 is 0 Å². The molecule has 1 fully saturated rings. The summed E-state index contributed by atoms with van der Waals surface area (Å²) in [6, 6.07) is 0. The highest BCUT2D eigenvalue weighted by Gasteiger charge is 2.21. The minimum absolute atomic E-state index is 0.611. The van der Waals surface area contributed by atoms with Crippen LogP contribution in [0.15, 0.2) is 10.7 Å². The SMILES string of the molecule is Cc1nc(C2CCCCC2)c2c(Br)c[nH]c2n1. The van der Waals surface area contributed by atoms with E-state index in [9.17, 15) is 0 Å². The Morgan fingerprint density at radius 1 is 1.24 bits per heavy atom. The van der Waals surface area contributed by atoms with E-state index in [-0.39, 0.29) is 0 Å². The van der Waals surface area contributed by atoms with E-state index in [0.29, 0.717) is 5.92 Å². The molecule has 0 aliphatic heterocycles. The van der Waals surface area contributed by atoms with Crippen LogP contribution in [0.1, 0.15) is 49.5 Å². The summed E-state index contributed by atoms with van der Waals surface area (Å²) in [7, 11) is 0. The quantitative estimate of drug-likeness (QED) is 0.861. The fraction of sp³-hybridized carbons (Fsp3) is 0.538. The topological polar surface area (TPSA) is 41.6 Å². The van der Waals surface area contributed by atoms with Crippen molar-refractivity contribution in [2.75, 3.05) is 0 Å². The van der Waals surface area contributed by atoms with Crippen molar-refractivity contribution < 1.29 is 0 Å². The summed E-state index contributed by atoms with van der Waals surface area (Å²) in [5.41, 5.74) is 2.20. The average molecular weight is 294 g/mol. The third-order valence-corrected chi connectivity index (χ3v) is 4.24. The van der Waals surface area contributed by atoms with Crippen LogP contribution in [0.5, 0.6) is 0 Å². The number of H-pyrrole nitrogens is 1. The number of fused-ring (bicyclic) bond motifs is 1. The van der Waals surface area contributed by atoms with Crippen molar-refractivity contribution in [3.05, 3.63) is 22.2 Å². The lowest BCUT2D eigenvalue weighted by Crippen LogP contribution is -2.08. The second-order valence-electron chi connectivity index (χ2n) is 4.85. The summed E-state index contributed by atoms with van der Waals surface area (Å²) in [6.45, 7) is 1.97. The van der Waals surface area contributed by atoms with Gasteiger partial charge in [0.1, 0.15) is 11.5 Å². The van der Waals surface area contributed by atoms with Gasteiger partial charge in [-0.15, -0.1) is 0 Å². The zero-order chi connectivity index (χ0) is 11.8. The van der Waals surface area contributed by atoms with E-state index < -0.39 is 0 Å². The molecule has 4 heteroatoms. The van der Waals surface area contributed by atoms with Crippen molar-refractivity contribution in [1.82, 2.24) is 15.0 Å². The zero-order valence-electron chi connectivity index (χ0n) is 9.96. The van der Waals surface area contributed by atoms with Gasteiger partial charge in [-0.2, -0.15) is 0 Å². The van der Waals surface area contributed by atoms with E-state index in [4.69, 9.17) is 4.98 Å². The maximum Gasteiger partial charge on any atom is 0.142 e. The second kappa shape index (κ2) is 4.41. The summed E-state index contributed by atoms with van der Waals surface area (Å²) < 4.78 is 1.09. The molecule has 1 saturated carbocycles. The van der Waals surface area contributed by atoms with Crippen molar-refractivity contribution in [2.24, 2.45) is 0 Å². The van der Waals surface area contributed by atoms with Gasteiger partial charge < -0.3 is 4.98 Å². The predicted octanol–water partition coefficient (Wildman–Crippen LogP) is 4.08. The number of halogens is 1. The standard InChI is InChI=1S/C13H16BrN3/c1-8-16-12(9-5-3-2-4-6-9)11-10(14)7-15-13(11)17-8/h7,9H,2-6H2,1H3,(H,15,16,17). The molecule has 3 rings (SSSR count). The van der Waals surface area contributed by atoms with Gasteiger partial charge in [-0.25, -0.2) is 9.97 Å². The van der Waals surface area contributed by atoms with Crippen molar-refractivity contribution >= 4 is 27.0 Å². The highest BCUT2D eigenvalue weighted by atomic mass is 79.9. The van der Waals surface area contributed by atoms with Crippen LogP contribution in [-0.4, -0.2) is 15.0 Å². The first-order valence-electron chi connectivity index (χ1n) is 6.27. The van der Waals surface area contributed by atoms with Crippen molar-refractivity contribution in [1.29, 1.82) is 0 Å². The summed E-state index contributed by atoms with van der Waals surface area (Å²) >= 11 is 3.60. The van der Waals surface area contributed by atoms with E-state index in [1.54, 1.807) is 0 Å². The molecule has 3 nitrogen and oxygen atoms in total. The summed E-state index contributed by atoms with van der Waals surface area (Å²) in [6.07, 6.45) is 8.53. The van der Waals surface area contributed by atoms with E-state index in [2.05, 4.69) is 25.9 Å². The van der Waals surface area contributed by atoms with Crippen LogP contribution in [0.2, 0.25) is 0 Å². The Morgan fingerprint density at radius 3 is 2.76 bits per heavy atom. The molecule has 17 heavy (non-hydrogen) atoms. The summed E-state index contributed by atoms with van der Waals surface area (Å²) in [4.78, 5) is 12.4. The van der Waals surface area contributed by atoms with Gasteiger partial charge in [-0.3, -0.25) is 0 Å². The number of rotatable bonds is 1. The van der Waals surface area contributed by atoms with Crippen LogP contribution in [0.4, 0.5) is 0 Å². The third-order valence-electron chi connectivity index (χ3n) is 3.62. The first-order chi connectivity index (χ1) is 8.25. The molecule has 0 radical (unpaired) electrons. The maximum atomic E-state index is 4.70. The first-order valence-corrected chi connectivity index (χ1v) is 7.06. The van der Waals surface area contributed by atoms with Gasteiger partial charge in [0.25, 0.3) is 0 Å². The lowest BCUT2D eigenvalue weighted by atomic mass is 9.86. The van der Waals surface area contributed by atoms with E-state index in [0.717, 1.165) is 15.9 Å². The fourth-order valence-electron chi connectivity index (χ4n) is 2.81. The summed E-state index contributed by atoms with van der Waals surface area (Å²) in [5, 5.41) is 1.18. The molecule has 2 heterocycles. The van der Waals surface area contributed by atoms with E-state index in [1.165, 1.54) is 43.2 Å². The molecule has 1 N–H and O–H groups in total. The van der Waals surface area contributed by atoms with E-state index in [1.807, 2.05) is 13.1 Å². The Hall–Kier alpha value is -0.900. The molecule has 0 amide bonds. The molecule has 2 aromatic rings. The molecule has 0 aromatic carbocycles. The molecular formula is C13H16BrN3. The van der Waals surface area contributed by atoms with Crippen LogP contribution in [0.3, 0.4) is 0 Å². The number of aromatic amines is 1. The largest absolute Gasteiger partial charge is 0.345 e. The van der Waals surface area contributed by atoms with Crippen molar-refractivity contribution in [2.45, 2.75) is 44.9 Å². The molecule has 2 aromatic heterocycles. The normalized spacial score (nSPS) is 17.8. The average Bonchev–Trinajstić information content (AvgIpc) is 2.71. The Bertz CT molecular complexity index is 541. The molecule has 90 valence electrons. The first kappa shape index (κ1) is 11.2. The number of aryl methyl sites for hydroxylation is 1. The second-order valence-corrected chi connectivity index (χ2v) is 5.71. The lowest BCUT2D eigenvalue weighted by Gasteiger charge is -2.22. The molecule has 0 spiro atoms. The Balaban J connectivity index is 2.15. The van der Waals surface area contributed by atoms with Gasteiger partial charge in [-0.1, -0.05) is 19.3 Å². The molecule has 0 atom stereocenters. The lowest BCUT2D eigenvalue weighted by molar-refractivity contribution is 0.438. The fourth-order valence-corrected chi connectivity index (χ4v) is 3.31. The van der Waals surface area contributed by atoms with Crippen LogP contribution >= 0.6 is 15.9 Å². The molecule has 0 unspecified atom stereocenters. The number of hydrogen-bond acceptors (Lipinski definition) is 2. The molecular weight excluding hydrogens is 278 g/mol. The summed E-state index contributed by atoms with van der Waals surface area (Å²) in [5.74, 6) is 1.48. The smallest absolute Gasteiger partial charge is 0.142 e. The Kier molecular flexibility index (Phi) is 2.90. The molecule has 1 aliphatic rings. The van der Waals surface area contributed by atoms with Gasteiger partial charge in [0.05, 0.1) is 11.1 Å². The van der Waals surface area contributed by atoms with Crippen LogP contribution < -0.4 is 0 Å². The molecule has 0 saturated heterocycles. The number of nitrogens with zero attached hydrogens (tertiary/aromatic N) is 2. The minimum atomic E-state index is 0.611. The van der Waals surface area contributed by atoms with Gasteiger partial charge in [-0.05, 0) is 35.7 Å². The van der Waals surface area contributed by atoms with E-state index >= 15 is 0 Å². The minimum Gasteiger partial charge on any atom is -0.345 e. The molecule has 0 bridgehead atoms. The Labute approximate surface area is 109 Å². The van der Waals surface area contributed by atoms with Gasteiger partial charge in [0, 0.05) is 16.6 Å². The van der Waals surface area contributed by atoms with Crippen molar-refractivity contribution in [3.8, 4) is 0 Å². The van der Waals surface area contributed by atoms with Crippen molar-refractivity contribution in [3.63, 3.8) is 0 Å². The Morgan fingerprint density at radius 2 is 2.00 bits per heavy atom. The van der Waals surface area contributed by atoms with Crippen LogP contribution in [0, 0.1) is 6.92 Å². The highest BCUT2D eigenvalue weighted by molar-refractivity contribution is 9.10. The maximum absolute atomic E-state index is 4.70. The number of hydrogen-bond donors (Lipinski definition) is 1. The number of aromatic nitrogens is 3. The predicted molar refractivity (Wildman–Crippen MR) is 72.2 cm³/mol. The van der Waals surface area contributed by atoms with Gasteiger partial charge in [0.15, 0.2) is 0 Å².